The van der Waals surface area contributed by atoms with Crippen molar-refractivity contribution in [2.24, 2.45) is 0 Å². The summed E-state index contributed by atoms with van der Waals surface area (Å²) in [5.41, 5.74) is -1.17. The Morgan fingerprint density at radius 2 is 2.07 bits per heavy atom. The van der Waals surface area contributed by atoms with Crippen LogP contribution in [-0.2, 0) is 10.2 Å². The molecule has 1 unspecified atom stereocenters. The molecular formula is C11H11ClF2O. The van der Waals surface area contributed by atoms with Gasteiger partial charge in [0.2, 0.25) is 5.24 Å². The van der Waals surface area contributed by atoms with Crippen molar-refractivity contribution in [2.75, 3.05) is 0 Å². The van der Waals surface area contributed by atoms with Crippen molar-refractivity contribution in [2.45, 2.75) is 25.7 Å². The van der Waals surface area contributed by atoms with Crippen LogP contribution in [0.25, 0.3) is 0 Å². The van der Waals surface area contributed by atoms with Crippen molar-refractivity contribution < 1.29 is 13.6 Å². The average molecular weight is 233 g/mol. The van der Waals surface area contributed by atoms with E-state index in [9.17, 15) is 13.6 Å². The van der Waals surface area contributed by atoms with Crippen LogP contribution in [0.4, 0.5) is 8.78 Å². The average Bonchev–Trinajstić information content (AvgIpc) is 2.20. The SMILES string of the molecule is CCC(C)(C(=O)Cl)c1cccc(F)c1F. The lowest BCUT2D eigenvalue weighted by atomic mass is 9.81. The smallest absolute Gasteiger partial charge is 0.232 e. The van der Waals surface area contributed by atoms with Crippen molar-refractivity contribution in [3.63, 3.8) is 0 Å². The van der Waals surface area contributed by atoms with Gasteiger partial charge in [0.05, 0.1) is 5.41 Å². The Balaban J connectivity index is 3.37. The normalized spacial score (nSPS) is 14.7. The van der Waals surface area contributed by atoms with E-state index in [1.165, 1.54) is 19.1 Å². The van der Waals surface area contributed by atoms with Crippen LogP contribution in [0.1, 0.15) is 25.8 Å². The Labute approximate surface area is 92.1 Å². The zero-order valence-electron chi connectivity index (χ0n) is 8.48. The third-order valence-corrected chi connectivity index (χ3v) is 3.10. The highest BCUT2D eigenvalue weighted by Crippen LogP contribution is 2.32. The fourth-order valence-electron chi connectivity index (χ4n) is 1.37. The first-order valence-electron chi connectivity index (χ1n) is 4.58. The molecule has 0 aliphatic rings. The van der Waals surface area contributed by atoms with Crippen LogP contribution in [0.2, 0.25) is 0 Å². The Morgan fingerprint density at radius 1 is 1.47 bits per heavy atom. The van der Waals surface area contributed by atoms with Crippen LogP contribution in [0.3, 0.4) is 0 Å². The number of hydrogen-bond donors (Lipinski definition) is 0. The van der Waals surface area contributed by atoms with E-state index in [4.69, 9.17) is 11.6 Å². The molecule has 1 atom stereocenters. The number of hydrogen-bond acceptors (Lipinski definition) is 1. The summed E-state index contributed by atoms with van der Waals surface area (Å²) in [7, 11) is 0. The molecule has 0 fully saturated rings. The Kier molecular flexibility index (Phi) is 3.45. The first kappa shape index (κ1) is 12.1. The minimum Gasteiger partial charge on any atom is -0.280 e. The molecule has 4 heteroatoms. The van der Waals surface area contributed by atoms with Crippen LogP contribution in [0.5, 0.6) is 0 Å². The fraction of sp³-hybridized carbons (Fsp3) is 0.364. The van der Waals surface area contributed by atoms with Gasteiger partial charge in [-0.25, -0.2) is 8.78 Å². The molecule has 0 heterocycles. The lowest BCUT2D eigenvalue weighted by molar-refractivity contribution is -0.116. The second kappa shape index (κ2) is 4.27. The molecule has 82 valence electrons. The third kappa shape index (κ3) is 2.02. The largest absolute Gasteiger partial charge is 0.280 e. The van der Waals surface area contributed by atoms with Crippen molar-refractivity contribution in [1.29, 1.82) is 0 Å². The van der Waals surface area contributed by atoms with Crippen LogP contribution < -0.4 is 0 Å². The van der Waals surface area contributed by atoms with Crippen molar-refractivity contribution in [3.8, 4) is 0 Å². The number of carbonyl (C=O) groups excluding carboxylic acids is 1. The fourth-order valence-corrected chi connectivity index (χ4v) is 1.60. The highest BCUT2D eigenvalue weighted by Gasteiger charge is 2.35. The minimum absolute atomic E-state index is 0.00463. The molecule has 1 aromatic carbocycles. The van der Waals surface area contributed by atoms with Crippen LogP contribution >= 0.6 is 11.6 Å². The number of halogens is 3. The third-order valence-electron chi connectivity index (χ3n) is 2.69. The Bertz CT molecular complexity index is 392. The first-order chi connectivity index (χ1) is 6.93. The van der Waals surface area contributed by atoms with E-state index in [-0.39, 0.29) is 5.56 Å². The lowest BCUT2D eigenvalue weighted by Crippen LogP contribution is -2.29. The Hall–Kier alpha value is -0.960. The molecule has 0 spiro atoms. The monoisotopic (exact) mass is 232 g/mol. The van der Waals surface area contributed by atoms with Crippen LogP contribution in [-0.4, -0.2) is 5.24 Å². The molecule has 0 amide bonds. The summed E-state index contributed by atoms with van der Waals surface area (Å²) in [6.45, 7) is 3.20. The predicted octanol–water partition coefficient (Wildman–Crippen LogP) is 3.40. The summed E-state index contributed by atoms with van der Waals surface area (Å²) >= 11 is 5.42. The lowest BCUT2D eigenvalue weighted by Gasteiger charge is -2.24. The van der Waals surface area contributed by atoms with Gasteiger partial charge in [0.25, 0.3) is 0 Å². The highest BCUT2D eigenvalue weighted by atomic mass is 35.5. The molecule has 0 saturated carbocycles. The maximum Gasteiger partial charge on any atom is 0.232 e. The number of benzene rings is 1. The number of rotatable bonds is 3. The zero-order chi connectivity index (χ0) is 11.6. The van der Waals surface area contributed by atoms with Gasteiger partial charge in [-0.15, -0.1) is 0 Å². The van der Waals surface area contributed by atoms with Gasteiger partial charge < -0.3 is 0 Å². The standard InChI is InChI=1S/C11H11ClF2O/c1-3-11(2,10(12)15)7-5-4-6-8(13)9(7)14/h4-6H,3H2,1-2H3. The molecular weight excluding hydrogens is 222 g/mol. The second-order valence-electron chi connectivity index (χ2n) is 3.56. The molecule has 1 aromatic rings. The zero-order valence-corrected chi connectivity index (χ0v) is 9.24. The molecule has 0 aromatic heterocycles. The van der Waals surface area contributed by atoms with Gasteiger partial charge in [-0.05, 0) is 31.0 Å². The molecule has 0 radical (unpaired) electrons. The molecule has 15 heavy (non-hydrogen) atoms. The van der Waals surface area contributed by atoms with E-state index in [0.29, 0.717) is 6.42 Å². The van der Waals surface area contributed by atoms with Crippen LogP contribution in [0, 0.1) is 11.6 Å². The van der Waals surface area contributed by atoms with Gasteiger partial charge in [-0.3, -0.25) is 4.79 Å². The quantitative estimate of drug-likeness (QED) is 0.730. The topological polar surface area (TPSA) is 17.1 Å². The van der Waals surface area contributed by atoms with Crippen LogP contribution in [0.15, 0.2) is 18.2 Å². The molecule has 0 saturated heterocycles. The van der Waals surface area contributed by atoms with Gasteiger partial charge in [-0.2, -0.15) is 0 Å². The molecule has 0 aliphatic heterocycles. The summed E-state index contributed by atoms with van der Waals surface area (Å²) < 4.78 is 26.4. The second-order valence-corrected chi connectivity index (χ2v) is 3.90. The van der Waals surface area contributed by atoms with E-state index >= 15 is 0 Å². The Morgan fingerprint density at radius 3 is 2.53 bits per heavy atom. The maximum absolute atomic E-state index is 13.5. The van der Waals surface area contributed by atoms with Gasteiger partial charge in [0, 0.05) is 5.56 Å². The summed E-state index contributed by atoms with van der Waals surface area (Å²) in [5.74, 6) is -1.97. The van der Waals surface area contributed by atoms with E-state index in [0.717, 1.165) is 6.07 Å². The first-order valence-corrected chi connectivity index (χ1v) is 4.95. The van der Waals surface area contributed by atoms with Gasteiger partial charge in [-0.1, -0.05) is 19.1 Å². The summed E-state index contributed by atoms with van der Waals surface area (Å²) in [5, 5.41) is -0.686. The van der Waals surface area contributed by atoms with E-state index in [2.05, 4.69) is 0 Å². The maximum atomic E-state index is 13.5. The molecule has 1 nitrogen and oxygen atoms in total. The minimum atomic E-state index is -1.17. The van der Waals surface area contributed by atoms with Crippen molar-refractivity contribution >= 4 is 16.8 Å². The summed E-state index contributed by atoms with van der Waals surface area (Å²) in [4.78, 5) is 11.2. The van der Waals surface area contributed by atoms with E-state index in [1.54, 1.807) is 6.92 Å². The van der Waals surface area contributed by atoms with Gasteiger partial charge in [0.15, 0.2) is 11.6 Å². The van der Waals surface area contributed by atoms with Crippen molar-refractivity contribution in [1.82, 2.24) is 0 Å². The molecule has 0 bridgehead atoms. The summed E-state index contributed by atoms with van der Waals surface area (Å²) in [6, 6.07) is 3.75. The van der Waals surface area contributed by atoms with Gasteiger partial charge in [0.1, 0.15) is 0 Å². The van der Waals surface area contributed by atoms with E-state index < -0.39 is 22.3 Å². The molecule has 0 N–H and O–H groups in total. The molecule has 1 rings (SSSR count). The number of carbonyl (C=O) groups is 1. The van der Waals surface area contributed by atoms with Gasteiger partial charge >= 0.3 is 0 Å². The highest BCUT2D eigenvalue weighted by molar-refractivity contribution is 6.65. The predicted molar refractivity (Wildman–Crippen MR) is 54.9 cm³/mol. The summed E-state index contributed by atoms with van der Waals surface area (Å²) in [6.07, 6.45) is 0.315. The van der Waals surface area contributed by atoms with Crippen molar-refractivity contribution in [3.05, 3.63) is 35.4 Å². The van der Waals surface area contributed by atoms with E-state index in [1.807, 2.05) is 0 Å². The molecule has 0 aliphatic carbocycles.